The maximum atomic E-state index is 13.1. The monoisotopic (exact) mass is 249 g/mol. The van der Waals surface area contributed by atoms with Gasteiger partial charge in [-0.3, -0.25) is 4.79 Å². The van der Waals surface area contributed by atoms with Crippen molar-refractivity contribution in [3.8, 4) is 5.75 Å². The molecule has 0 bridgehead atoms. The van der Waals surface area contributed by atoms with Crippen molar-refractivity contribution >= 4 is 11.6 Å². The lowest BCUT2D eigenvalue weighted by Gasteiger charge is -2.12. The zero-order chi connectivity index (χ0) is 13.0. The summed E-state index contributed by atoms with van der Waals surface area (Å²) in [5.41, 5.74) is 1.52. The highest BCUT2D eigenvalue weighted by Crippen LogP contribution is 2.22. The highest BCUT2D eigenvalue weighted by Gasteiger charge is 2.10. The van der Waals surface area contributed by atoms with Gasteiger partial charge in [-0.05, 0) is 37.8 Å². The van der Waals surface area contributed by atoms with Gasteiger partial charge in [-0.15, -0.1) is 0 Å². The van der Waals surface area contributed by atoms with Gasteiger partial charge in [-0.1, -0.05) is 11.6 Å². The molecule has 1 aliphatic carbocycles. The topological polar surface area (TPSA) is 49.3 Å². The van der Waals surface area contributed by atoms with Gasteiger partial charge in [0.1, 0.15) is 0 Å². The Hall–Kier alpha value is -1.84. The van der Waals surface area contributed by atoms with Crippen LogP contribution in [0.25, 0.3) is 0 Å². The molecule has 1 aliphatic rings. The summed E-state index contributed by atoms with van der Waals surface area (Å²) in [5, 5.41) is 11.7. The zero-order valence-corrected chi connectivity index (χ0v) is 10.1. The molecule has 0 unspecified atom stereocenters. The summed E-state index contributed by atoms with van der Waals surface area (Å²) in [6.45, 7) is 0. The third-order valence-electron chi connectivity index (χ3n) is 3.00. The van der Waals surface area contributed by atoms with E-state index < -0.39 is 11.6 Å². The van der Waals surface area contributed by atoms with Crippen LogP contribution >= 0.6 is 0 Å². The van der Waals surface area contributed by atoms with E-state index in [9.17, 15) is 9.18 Å². The lowest BCUT2D eigenvalue weighted by Crippen LogP contribution is -2.13. The van der Waals surface area contributed by atoms with E-state index in [4.69, 9.17) is 5.11 Å². The number of anilines is 1. The Balaban J connectivity index is 1.94. The summed E-state index contributed by atoms with van der Waals surface area (Å²) in [6, 6.07) is 3.82. The first kappa shape index (κ1) is 12.6. The van der Waals surface area contributed by atoms with E-state index in [1.807, 2.05) is 0 Å². The molecule has 0 saturated heterocycles. The van der Waals surface area contributed by atoms with E-state index in [1.165, 1.54) is 18.6 Å². The van der Waals surface area contributed by atoms with Gasteiger partial charge in [0, 0.05) is 18.2 Å². The first-order valence-electron chi connectivity index (χ1n) is 6.11. The van der Waals surface area contributed by atoms with Crippen LogP contribution in [0.4, 0.5) is 10.1 Å². The molecule has 2 N–H and O–H groups in total. The zero-order valence-electron chi connectivity index (χ0n) is 10.1. The van der Waals surface area contributed by atoms with E-state index in [2.05, 4.69) is 11.4 Å². The number of rotatable bonds is 3. The summed E-state index contributed by atoms with van der Waals surface area (Å²) in [7, 11) is 0. The number of phenols is 1. The fourth-order valence-electron chi connectivity index (χ4n) is 2.06. The number of benzene rings is 1. The molecular formula is C14H16FNO2. The second-order valence-corrected chi connectivity index (χ2v) is 4.50. The minimum atomic E-state index is -0.732. The first-order chi connectivity index (χ1) is 8.65. The van der Waals surface area contributed by atoms with Crippen LogP contribution in [-0.4, -0.2) is 11.0 Å². The van der Waals surface area contributed by atoms with Crippen molar-refractivity contribution in [2.45, 2.75) is 32.1 Å². The predicted octanol–water partition coefficient (Wildman–Crippen LogP) is 3.36. The number of hydrogen-bond acceptors (Lipinski definition) is 2. The van der Waals surface area contributed by atoms with E-state index >= 15 is 0 Å². The minimum Gasteiger partial charge on any atom is -0.505 e. The number of phenolic OH excluding ortho intramolecular Hbond substituents is 1. The summed E-state index contributed by atoms with van der Waals surface area (Å²) >= 11 is 0. The van der Waals surface area contributed by atoms with Gasteiger partial charge in [0.05, 0.1) is 0 Å². The molecule has 1 aromatic rings. The minimum absolute atomic E-state index is 0.145. The maximum absolute atomic E-state index is 13.1. The molecule has 0 spiro atoms. The van der Waals surface area contributed by atoms with Crippen molar-refractivity contribution in [2.75, 3.05) is 5.32 Å². The van der Waals surface area contributed by atoms with Crippen molar-refractivity contribution in [1.82, 2.24) is 0 Å². The van der Waals surface area contributed by atoms with Crippen LogP contribution in [0.15, 0.2) is 29.8 Å². The second kappa shape index (κ2) is 5.67. The molecule has 0 aliphatic heterocycles. The Labute approximate surface area is 105 Å². The lowest BCUT2D eigenvalue weighted by molar-refractivity contribution is -0.115. The molecule has 0 heterocycles. The predicted molar refractivity (Wildman–Crippen MR) is 67.9 cm³/mol. The number of amides is 1. The Morgan fingerprint density at radius 1 is 1.39 bits per heavy atom. The lowest BCUT2D eigenvalue weighted by atomic mass is 9.97. The molecule has 3 nitrogen and oxygen atoms in total. The van der Waals surface area contributed by atoms with Crippen LogP contribution in [0.5, 0.6) is 5.75 Å². The highest BCUT2D eigenvalue weighted by atomic mass is 19.1. The standard InChI is InChI=1S/C14H16FNO2/c15-12-9-11(6-7-13(12)17)16-14(18)8-10-4-2-1-3-5-10/h4,6-7,9,17H,1-3,5,8H2,(H,16,18). The fourth-order valence-corrected chi connectivity index (χ4v) is 2.06. The summed E-state index contributed by atoms with van der Waals surface area (Å²) in [5.74, 6) is -1.29. The summed E-state index contributed by atoms with van der Waals surface area (Å²) < 4.78 is 13.1. The molecule has 0 radical (unpaired) electrons. The maximum Gasteiger partial charge on any atom is 0.228 e. The Morgan fingerprint density at radius 3 is 2.89 bits per heavy atom. The van der Waals surface area contributed by atoms with Crippen LogP contribution in [0.1, 0.15) is 32.1 Å². The molecule has 2 rings (SSSR count). The van der Waals surface area contributed by atoms with Crippen molar-refractivity contribution < 1.29 is 14.3 Å². The number of carbonyl (C=O) groups excluding carboxylic acids is 1. The third-order valence-corrected chi connectivity index (χ3v) is 3.00. The molecule has 1 amide bonds. The Kier molecular flexibility index (Phi) is 3.97. The number of aromatic hydroxyl groups is 1. The number of halogens is 1. The molecule has 0 saturated carbocycles. The molecule has 4 heteroatoms. The van der Waals surface area contributed by atoms with Gasteiger partial charge >= 0.3 is 0 Å². The first-order valence-corrected chi connectivity index (χ1v) is 6.11. The molecule has 18 heavy (non-hydrogen) atoms. The normalized spacial score (nSPS) is 15.1. The highest BCUT2D eigenvalue weighted by molar-refractivity contribution is 5.92. The van der Waals surface area contributed by atoms with Gasteiger partial charge in [0.25, 0.3) is 0 Å². The second-order valence-electron chi connectivity index (χ2n) is 4.50. The van der Waals surface area contributed by atoms with E-state index in [0.29, 0.717) is 12.1 Å². The third kappa shape index (κ3) is 3.32. The Bertz CT molecular complexity index is 483. The smallest absolute Gasteiger partial charge is 0.228 e. The number of carbonyl (C=O) groups is 1. The van der Waals surface area contributed by atoms with Crippen molar-refractivity contribution in [3.05, 3.63) is 35.7 Å². The molecule has 0 atom stereocenters. The van der Waals surface area contributed by atoms with Gasteiger partial charge in [0.2, 0.25) is 5.91 Å². The quantitative estimate of drug-likeness (QED) is 0.637. The van der Waals surface area contributed by atoms with Crippen LogP contribution in [0.2, 0.25) is 0 Å². The van der Waals surface area contributed by atoms with Crippen LogP contribution < -0.4 is 5.32 Å². The van der Waals surface area contributed by atoms with Crippen molar-refractivity contribution in [3.63, 3.8) is 0 Å². The van der Waals surface area contributed by atoms with Crippen LogP contribution in [-0.2, 0) is 4.79 Å². The van der Waals surface area contributed by atoms with Crippen LogP contribution in [0.3, 0.4) is 0 Å². The fraction of sp³-hybridized carbons (Fsp3) is 0.357. The van der Waals surface area contributed by atoms with Crippen molar-refractivity contribution in [1.29, 1.82) is 0 Å². The van der Waals surface area contributed by atoms with E-state index in [1.54, 1.807) is 0 Å². The van der Waals surface area contributed by atoms with E-state index in [-0.39, 0.29) is 5.91 Å². The Morgan fingerprint density at radius 2 is 2.22 bits per heavy atom. The largest absolute Gasteiger partial charge is 0.505 e. The van der Waals surface area contributed by atoms with Crippen LogP contribution in [0, 0.1) is 5.82 Å². The van der Waals surface area contributed by atoms with Gasteiger partial charge in [0.15, 0.2) is 11.6 Å². The van der Waals surface area contributed by atoms with Gasteiger partial charge in [-0.25, -0.2) is 4.39 Å². The average molecular weight is 249 g/mol. The SMILES string of the molecule is O=C(CC1=CCCCC1)Nc1ccc(O)c(F)c1. The molecule has 96 valence electrons. The number of allylic oxidation sites excluding steroid dienone is 1. The summed E-state index contributed by atoms with van der Waals surface area (Å²) in [6.07, 6.45) is 6.80. The average Bonchev–Trinajstić information content (AvgIpc) is 2.35. The molecule has 1 aromatic carbocycles. The van der Waals surface area contributed by atoms with Crippen molar-refractivity contribution in [2.24, 2.45) is 0 Å². The molecule has 0 aromatic heterocycles. The number of hydrogen-bond donors (Lipinski definition) is 2. The van der Waals surface area contributed by atoms with Gasteiger partial charge < -0.3 is 10.4 Å². The summed E-state index contributed by atoms with van der Waals surface area (Å²) in [4.78, 5) is 11.7. The van der Waals surface area contributed by atoms with E-state index in [0.717, 1.165) is 30.9 Å². The molecule has 0 fully saturated rings. The molecular weight excluding hydrogens is 233 g/mol. The number of nitrogens with one attached hydrogen (secondary N) is 1. The van der Waals surface area contributed by atoms with Gasteiger partial charge in [-0.2, -0.15) is 0 Å².